The number of hydrogen-bond acceptors (Lipinski definition) is 8. The van der Waals surface area contributed by atoms with E-state index in [4.69, 9.17) is 4.74 Å². The molecule has 0 spiro atoms. The maximum absolute atomic E-state index is 12.5. The number of hydrogen-bond donors (Lipinski definition) is 1. The van der Waals surface area contributed by atoms with Gasteiger partial charge in [0, 0.05) is 6.04 Å². The molecule has 0 atom stereocenters. The Labute approximate surface area is 185 Å². The first-order valence-corrected chi connectivity index (χ1v) is 12.3. The number of thiazole rings is 1. The molecule has 5 rings (SSSR count). The number of thiophene rings is 1. The monoisotopic (exact) mass is 457 g/mol. The summed E-state index contributed by atoms with van der Waals surface area (Å²) in [6, 6.07) is 10.3. The van der Waals surface area contributed by atoms with E-state index in [0.29, 0.717) is 17.8 Å². The van der Waals surface area contributed by atoms with Gasteiger partial charge in [-0.1, -0.05) is 29.2 Å². The van der Waals surface area contributed by atoms with Crippen molar-refractivity contribution in [2.75, 3.05) is 17.7 Å². The Morgan fingerprint density at radius 2 is 2.23 bits per heavy atom. The molecule has 0 aliphatic heterocycles. The number of rotatable bonds is 8. The highest BCUT2D eigenvalue weighted by Gasteiger charge is 2.30. The number of nitrogens with one attached hydrogen (secondary N) is 1. The van der Waals surface area contributed by atoms with Gasteiger partial charge in [0.1, 0.15) is 5.75 Å². The van der Waals surface area contributed by atoms with Crippen molar-refractivity contribution in [1.82, 2.24) is 19.7 Å². The van der Waals surface area contributed by atoms with Gasteiger partial charge >= 0.3 is 0 Å². The summed E-state index contributed by atoms with van der Waals surface area (Å²) in [5.41, 5.74) is 0.848. The van der Waals surface area contributed by atoms with Crippen LogP contribution in [0.25, 0.3) is 20.9 Å². The van der Waals surface area contributed by atoms with Crippen LogP contribution in [0.2, 0.25) is 0 Å². The van der Waals surface area contributed by atoms with Crippen molar-refractivity contribution in [2.24, 2.45) is 0 Å². The van der Waals surface area contributed by atoms with Crippen molar-refractivity contribution >= 4 is 55.7 Å². The number of thioether (sulfide) groups is 1. The lowest BCUT2D eigenvalue weighted by atomic mass is 10.3. The number of anilines is 1. The summed E-state index contributed by atoms with van der Waals surface area (Å²) >= 11 is 4.51. The highest BCUT2D eigenvalue weighted by atomic mass is 32.2. The van der Waals surface area contributed by atoms with Gasteiger partial charge in [0.05, 0.1) is 27.5 Å². The van der Waals surface area contributed by atoms with Crippen LogP contribution in [-0.4, -0.2) is 38.0 Å². The molecule has 1 fully saturated rings. The first kappa shape index (κ1) is 19.5. The topological polar surface area (TPSA) is 81.9 Å². The molecule has 0 unspecified atom stereocenters. The summed E-state index contributed by atoms with van der Waals surface area (Å²) in [5.74, 6) is 1.86. The molecule has 0 bridgehead atoms. The molecule has 4 aromatic rings. The van der Waals surface area contributed by atoms with Gasteiger partial charge in [-0.25, -0.2) is 4.98 Å². The van der Waals surface area contributed by atoms with E-state index in [1.54, 1.807) is 11.3 Å². The van der Waals surface area contributed by atoms with Crippen LogP contribution >= 0.6 is 34.4 Å². The fourth-order valence-corrected chi connectivity index (χ4v) is 5.53. The zero-order valence-electron chi connectivity index (χ0n) is 16.2. The lowest BCUT2D eigenvalue weighted by molar-refractivity contribution is -0.113. The third-order valence-corrected chi connectivity index (χ3v) is 7.31. The Morgan fingerprint density at radius 3 is 3.00 bits per heavy atom. The smallest absolute Gasteiger partial charge is 0.236 e. The summed E-state index contributed by atoms with van der Waals surface area (Å²) in [4.78, 5) is 18.1. The van der Waals surface area contributed by atoms with E-state index in [0.717, 1.165) is 44.7 Å². The number of carbonyl (C=O) groups is 1. The lowest BCUT2D eigenvalue weighted by Gasteiger charge is -2.07. The molecule has 0 saturated heterocycles. The molecule has 1 aliphatic rings. The van der Waals surface area contributed by atoms with Crippen LogP contribution in [0.4, 0.5) is 5.13 Å². The minimum atomic E-state index is -0.105. The second-order valence-electron chi connectivity index (χ2n) is 6.80. The molecule has 1 saturated carbocycles. The standard InChI is InChI=1S/C20H19N5O2S3/c1-2-27-13-7-8-14-16(10-13)30-19(21-14)22-17(26)11-29-20-24-23-18(15-4-3-9-28-15)25(20)12-5-6-12/h3-4,7-10,12H,2,5-6,11H2,1H3,(H,21,22,26). The highest BCUT2D eigenvalue weighted by molar-refractivity contribution is 7.99. The van der Waals surface area contributed by atoms with E-state index < -0.39 is 0 Å². The minimum Gasteiger partial charge on any atom is -0.494 e. The predicted molar refractivity (Wildman–Crippen MR) is 122 cm³/mol. The van der Waals surface area contributed by atoms with Crippen LogP contribution in [0.1, 0.15) is 25.8 Å². The van der Waals surface area contributed by atoms with Crippen LogP contribution in [0.5, 0.6) is 5.75 Å². The van der Waals surface area contributed by atoms with Gasteiger partial charge in [-0.3, -0.25) is 9.36 Å². The number of carbonyl (C=O) groups excluding carboxylic acids is 1. The number of fused-ring (bicyclic) bond motifs is 1. The number of benzene rings is 1. The molecule has 10 heteroatoms. The Balaban J connectivity index is 1.26. The molecule has 1 aliphatic carbocycles. The number of amides is 1. The first-order chi connectivity index (χ1) is 14.7. The van der Waals surface area contributed by atoms with Gasteiger partial charge in [0.15, 0.2) is 16.1 Å². The third kappa shape index (κ3) is 4.07. The van der Waals surface area contributed by atoms with E-state index in [2.05, 4.69) is 31.1 Å². The summed E-state index contributed by atoms with van der Waals surface area (Å²) in [6.45, 7) is 2.57. The summed E-state index contributed by atoms with van der Waals surface area (Å²) < 4.78 is 8.69. The molecular formula is C20H19N5O2S3. The number of aromatic nitrogens is 4. The van der Waals surface area contributed by atoms with Crippen molar-refractivity contribution < 1.29 is 9.53 Å². The van der Waals surface area contributed by atoms with Crippen molar-refractivity contribution in [3.63, 3.8) is 0 Å². The Hall–Kier alpha value is -2.43. The van der Waals surface area contributed by atoms with E-state index in [-0.39, 0.29) is 11.7 Å². The van der Waals surface area contributed by atoms with Crippen LogP contribution in [0.3, 0.4) is 0 Å². The van der Waals surface area contributed by atoms with Gasteiger partial charge in [0.25, 0.3) is 0 Å². The molecule has 3 aromatic heterocycles. The third-order valence-electron chi connectivity index (χ3n) is 4.57. The maximum Gasteiger partial charge on any atom is 0.236 e. The minimum absolute atomic E-state index is 0.105. The van der Waals surface area contributed by atoms with Crippen LogP contribution in [0.15, 0.2) is 40.9 Å². The number of ether oxygens (including phenoxy) is 1. The zero-order valence-corrected chi connectivity index (χ0v) is 18.6. The molecule has 0 radical (unpaired) electrons. The summed E-state index contributed by atoms with van der Waals surface area (Å²) in [7, 11) is 0. The van der Waals surface area contributed by atoms with E-state index in [1.807, 2.05) is 36.6 Å². The largest absolute Gasteiger partial charge is 0.494 e. The van der Waals surface area contributed by atoms with Crippen molar-refractivity contribution in [3.05, 3.63) is 35.7 Å². The summed E-state index contributed by atoms with van der Waals surface area (Å²) in [5, 5.41) is 15.1. The normalized spacial score (nSPS) is 13.6. The fourth-order valence-electron chi connectivity index (χ4n) is 3.11. The van der Waals surface area contributed by atoms with Crippen LogP contribution in [-0.2, 0) is 4.79 Å². The zero-order chi connectivity index (χ0) is 20.5. The van der Waals surface area contributed by atoms with Gasteiger partial charge in [-0.05, 0) is 49.4 Å². The Kier molecular flexibility index (Phi) is 5.45. The molecular weight excluding hydrogens is 438 g/mol. The maximum atomic E-state index is 12.5. The van der Waals surface area contributed by atoms with E-state index >= 15 is 0 Å². The Morgan fingerprint density at radius 1 is 1.33 bits per heavy atom. The molecule has 3 heterocycles. The quantitative estimate of drug-likeness (QED) is 0.372. The van der Waals surface area contributed by atoms with E-state index in [1.165, 1.54) is 23.1 Å². The predicted octanol–water partition coefficient (Wildman–Crippen LogP) is 5.08. The number of nitrogens with zero attached hydrogens (tertiary/aromatic N) is 4. The molecule has 1 aromatic carbocycles. The molecule has 7 nitrogen and oxygen atoms in total. The second kappa shape index (κ2) is 8.37. The van der Waals surface area contributed by atoms with Crippen LogP contribution in [0, 0.1) is 0 Å². The van der Waals surface area contributed by atoms with Gasteiger partial charge in [0.2, 0.25) is 5.91 Å². The summed E-state index contributed by atoms with van der Waals surface area (Å²) in [6.07, 6.45) is 2.26. The fraction of sp³-hybridized carbons (Fsp3) is 0.300. The lowest BCUT2D eigenvalue weighted by Crippen LogP contribution is -2.14. The molecule has 154 valence electrons. The average Bonchev–Trinajstić information content (AvgIpc) is 3.14. The Bertz CT molecular complexity index is 1180. The first-order valence-electron chi connectivity index (χ1n) is 9.66. The molecule has 1 N–H and O–H groups in total. The van der Waals surface area contributed by atoms with Crippen LogP contribution < -0.4 is 10.1 Å². The SMILES string of the molecule is CCOc1ccc2nc(NC(=O)CSc3nnc(-c4cccs4)n3C3CC3)sc2c1. The second-order valence-corrected chi connectivity index (χ2v) is 9.72. The van der Waals surface area contributed by atoms with Gasteiger partial charge < -0.3 is 10.1 Å². The molecule has 1 amide bonds. The van der Waals surface area contributed by atoms with Gasteiger partial charge in [-0.15, -0.1) is 21.5 Å². The molecule has 30 heavy (non-hydrogen) atoms. The van der Waals surface area contributed by atoms with Gasteiger partial charge in [-0.2, -0.15) is 0 Å². The van der Waals surface area contributed by atoms with Crippen molar-refractivity contribution in [3.8, 4) is 16.5 Å². The average molecular weight is 458 g/mol. The van der Waals surface area contributed by atoms with Crippen molar-refractivity contribution in [2.45, 2.75) is 31.0 Å². The van der Waals surface area contributed by atoms with E-state index in [9.17, 15) is 4.79 Å². The van der Waals surface area contributed by atoms with Crippen molar-refractivity contribution in [1.29, 1.82) is 0 Å². The highest BCUT2D eigenvalue weighted by Crippen LogP contribution is 2.41.